The molecule has 6 heteroatoms. The number of unbranched alkanes of at least 4 members (excludes halogenated alkanes) is 4. The number of amides is 2. The van der Waals surface area contributed by atoms with Crippen molar-refractivity contribution >= 4 is 54.8 Å². The summed E-state index contributed by atoms with van der Waals surface area (Å²) in [7, 11) is 0. The Morgan fingerprint density at radius 1 is 1.24 bits per heavy atom. The zero-order valence-corrected chi connectivity index (χ0v) is 13.4. The molecule has 1 aliphatic rings. The van der Waals surface area contributed by atoms with Crippen molar-refractivity contribution in [1.29, 1.82) is 0 Å². The number of rotatable bonds is 7. The van der Waals surface area contributed by atoms with Crippen molar-refractivity contribution in [2.75, 3.05) is 0 Å². The minimum absolute atomic E-state index is 0.119. The van der Waals surface area contributed by atoms with E-state index in [4.69, 9.17) is 0 Å². The van der Waals surface area contributed by atoms with Crippen LogP contribution in [0, 0.1) is 0 Å². The van der Waals surface area contributed by atoms with Gasteiger partial charge in [-0.1, -0.05) is 37.1 Å². The van der Waals surface area contributed by atoms with Gasteiger partial charge in [-0.15, -0.1) is 0 Å². The van der Waals surface area contributed by atoms with E-state index in [-0.39, 0.29) is 16.4 Å². The van der Waals surface area contributed by atoms with Gasteiger partial charge in [0.15, 0.2) is 0 Å². The average molecular weight is 385 g/mol. The Balaban J connectivity index is 1.99. The van der Waals surface area contributed by atoms with Gasteiger partial charge in [-0.2, -0.15) is 0 Å². The van der Waals surface area contributed by atoms with Gasteiger partial charge in [-0.3, -0.25) is 14.9 Å². The van der Waals surface area contributed by atoms with Crippen LogP contribution >= 0.6 is 43.6 Å². The average Bonchev–Trinajstić information content (AvgIpc) is 2.55. The van der Waals surface area contributed by atoms with E-state index in [0.29, 0.717) is 0 Å². The molecule has 96 valence electrons. The summed E-state index contributed by atoms with van der Waals surface area (Å²) in [5, 5.41) is 1.95. The molecule has 1 saturated heterocycles. The molecule has 17 heavy (non-hydrogen) atoms. The SMILES string of the molecule is O=C1NC(=O)C(CCCCCCC=C(Br)Br)S1. The van der Waals surface area contributed by atoms with Gasteiger partial charge in [-0.25, -0.2) is 0 Å². The molecule has 0 aliphatic carbocycles. The number of hydrogen-bond donors (Lipinski definition) is 1. The molecular weight excluding hydrogens is 370 g/mol. The third-order valence-electron chi connectivity index (χ3n) is 2.49. The lowest BCUT2D eigenvalue weighted by Crippen LogP contribution is -2.23. The zero-order valence-electron chi connectivity index (χ0n) is 9.38. The van der Waals surface area contributed by atoms with Gasteiger partial charge in [0, 0.05) is 0 Å². The quantitative estimate of drug-likeness (QED) is 0.665. The molecule has 3 nitrogen and oxygen atoms in total. The minimum atomic E-state index is -0.202. The molecule has 0 aromatic carbocycles. The molecule has 1 atom stereocenters. The fourth-order valence-electron chi connectivity index (χ4n) is 1.62. The van der Waals surface area contributed by atoms with Crippen molar-refractivity contribution in [3.05, 3.63) is 9.47 Å². The number of imide groups is 1. The number of thioether (sulfide) groups is 1. The van der Waals surface area contributed by atoms with Gasteiger partial charge >= 0.3 is 0 Å². The molecule has 0 aromatic heterocycles. The van der Waals surface area contributed by atoms with Gasteiger partial charge < -0.3 is 0 Å². The molecule has 1 N–H and O–H groups in total. The molecule has 1 fully saturated rings. The van der Waals surface area contributed by atoms with E-state index in [0.717, 1.165) is 53.7 Å². The molecule has 0 saturated carbocycles. The van der Waals surface area contributed by atoms with E-state index >= 15 is 0 Å². The van der Waals surface area contributed by atoms with Crippen LogP contribution in [0.2, 0.25) is 0 Å². The summed E-state index contributed by atoms with van der Waals surface area (Å²) in [6.07, 6.45) is 8.41. The highest BCUT2D eigenvalue weighted by molar-refractivity contribution is 9.28. The molecule has 0 spiro atoms. The first-order chi connectivity index (χ1) is 8.09. The summed E-state index contributed by atoms with van der Waals surface area (Å²) in [5.41, 5.74) is 0. The molecule has 0 radical (unpaired) electrons. The molecule has 1 unspecified atom stereocenters. The van der Waals surface area contributed by atoms with Crippen molar-refractivity contribution < 1.29 is 9.59 Å². The van der Waals surface area contributed by atoms with Crippen molar-refractivity contribution in [1.82, 2.24) is 5.32 Å². The van der Waals surface area contributed by atoms with Crippen molar-refractivity contribution in [2.45, 2.75) is 43.8 Å². The number of carbonyl (C=O) groups is 2. The first kappa shape index (κ1) is 15.2. The lowest BCUT2D eigenvalue weighted by atomic mass is 10.1. The Morgan fingerprint density at radius 2 is 1.94 bits per heavy atom. The fraction of sp³-hybridized carbons (Fsp3) is 0.636. The molecule has 2 amide bonds. The second-order valence-electron chi connectivity index (χ2n) is 3.87. The summed E-state index contributed by atoms with van der Waals surface area (Å²) in [4.78, 5) is 22.2. The zero-order chi connectivity index (χ0) is 12.7. The van der Waals surface area contributed by atoms with Crippen LogP contribution in [0.25, 0.3) is 0 Å². The largest absolute Gasteiger partial charge is 0.286 e. The number of allylic oxidation sites excluding steroid dienone is 1. The van der Waals surface area contributed by atoms with E-state index in [2.05, 4.69) is 43.3 Å². The summed E-state index contributed by atoms with van der Waals surface area (Å²) in [5.74, 6) is -0.119. The van der Waals surface area contributed by atoms with Crippen molar-refractivity contribution in [3.8, 4) is 0 Å². The van der Waals surface area contributed by atoms with Gasteiger partial charge in [0.1, 0.15) is 0 Å². The van der Waals surface area contributed by atoms with Crippen molar-refractivity contribution in [3.63, 3.8) is 0 Å². The second-order valence-corrected chi connectivity index (χ2v) is 7.82. The molecule has 0 bridgehead atoms. The Hall–Kier alpha value is 0.190. The van der Waals surface area contributed by atoms with E-state index in [9.17, 15) is 9.59 Å². The highest BCUT2D eigenvalue weighted by Gasteiger charge is 2.30. The van der Waals surface area contributed by atoms with E-state index < -0.39 is 0 Å². The number of carbonyl (C=O) groups excluding carboxylic acids is 2. The molecule has 1 aliphatic heterocycles. The number of halogens is 2. The third kappa shape index (κ3) is 6.62. The number of nitrogens with one attached hydrogen (secondary N) is 1. The lowest BCUT2D eigenvalue weighted by Gasteiger charge is -2.04. The summed E-state index contributed by atoms with van der Waals surface area (Å²) >= 11 is 7.75. The maximum Gasteiger partial charge on any atom is 0.286 e. The third-order valence-corrected chi connectivity index (χ3v) is 4.18. The maximum absolute atomic E-state index is 11.3. The Labute approximate surface area is 122 Å². The number of hydrogen-bond acceptors (Lipinski definition) is 3. The summed E-state index contributed by atoms with van der Waals surface area (Å²) in [6.45, 7) is 0. The Kier molecular flexibility index (Phi) is 7.46. The molecule has 1 rings (SSSR count). The predicted molar refractivity (Wildman–Crippen MR) is 78.6 cm³/mol. The van der Waals surface area contributed by atoms with Crippen LogP contribution in [0.15, 0.2) is 9.47 Å². The standard InChI is InChI=1S/C11H15Br2NO2S/c12-9(13)7-5-3-1-2-4-6-8-10(15)14-11(16)17-8/h7-8H,1-6H2,(H,14,15,16). The highest BCUT2D eigenvalue weighted by Crippen LogP contribution is 2.24. The summed E-state index contributed by atoms with van der Waals surface area (Å²) in [6, 6.07) is 0. The minimum Gasteiger partial charge on any atom is -0.286 e. The fourth-order valence-corrected chi connectivity index (χ4v) is 2.95. The second kappa shape index (κ2) is 8.32. The van der Waals surface area contributed by atoms with Gasteiger partial charge in [0.05, 0.1) is 8.64 Å². The van der Waals surface area contributed by atoms with Crippen LogP contribution in [0.5, 0.6) is 0 Å². The first-order valence-electron chi connectivity index (χ1n) is 5.62. The Bertz CT molecular complexity index is 317. The normalized spacial score (nSPS) is 19.3. The van der Waals surface area contributed by atoms with Crippen LogP contribution in [0.4, 0.5) is 4.79 Å². The molecule has 0 aromatic rings. The predicted octanol–water partition coefficient (Wildman–Crippen LogP) is 4.31. The van der Waals surface area contributed by atoms with Gasteiger partial charge in [0.2, 0.25) is 5.91 Å². The van der Waals surface area contributed by atoms with E-state index in [1.54, 1.807) is 0 Å². The van der Waals surface area contributed by atoms with E-state index in [1.165, 1.54) is 0 Å². The van der Waals surface area contributed by atoms with Crippen LogP contribution in [0.3, 0.4) is 0 Å². The smallest absolute Gasteiger partial charge is 0.286 e. The van der Waals surface area contributed by atoms with Gasteiger partial charge in [0.25, 0.3) is 5.24 Å². The lowest BCUT2D eigenvalue weighted by molar-refractivity contribution is -0.119. The monoisotopic (exact) mass is 383 g/mol. The topological polar surface area (TPSA) is 46.2 Å². The van der Waals surface area contributed by atoms with Crippen LogP contribution < -0.4 is 5.32 Å². The van der Waals surface area contributed by atoms with Crippen LogP contribution in [-0.4, -0.2) is 16.4 Å². The van der Waals surface area contributed by atoms with Crippen LogP contribution in [-0.2, 0) is 4.79 Å². The van der Waals surface area contributed by atoms with E-state index in [1.807, 2.05) is 0 Å². The van der Waals surface area contributed by atoms with Gasteiger partial charge in [-0.05, 0) is 51.1 Å². The highest BCUT2D eigenvalue weighted by atomic mass is 79.9. The summed E-state index contributed by atoms with van der Waals surface area (Å²) < 4.78 is 1.00. The van der Waals surface area contributed by atoms with Crippen molar-refractivity contribution in [2.24, 2.45) is 0 Å². The first-order valence-corrected chi connectivity index (χ1v) is 8.09. The maximum atomic E-state index is 11.3. The van der Waals surface area contributed by atoms with Crippen LogP contribution in [0.1, 0.15) is 38.5 Å². The molecular formula is C11H15Br2NO2S. The Morgan fingerprint density at radius 3 is 2.53 bits per heavy atom. The molecule has 1 heterocycles.